The molecule has 1 heterocycles. The first kappa shape index (κ1) is 20.1. The fraction of sp³-hybridized carbons (Fsp3) is 0.550. The van der Waals surface area contributed by atoms with Crippen LogP contribution in [0.3, 0.4) is 0 Å². The summed E-state index contributed by atoms with van der Waals surface area (Å²) in [5.41, 5.74) is 1.00. The Morgan fingerprint density at radius 1 is 1.38 bits per heavy atom. The molecule has 0 aromatic heterocycles. The fourth-order valence-corrected chi connectivity index (χ4v) is 3.05. The molecule has 2 rings (SSSR count). The van der Waals surface area contributed by atoms with Gasteiger partial charge in [-0.1, -0.05) is 12.1 Å². The van der Waals surface area contributed by atoms with E-state index in [0.717, 1.165) is 50.5 Å². The number of rotatable bonds is 8. The van der Waals surface area contributed by atoms with Crippen LogP contribution in [0.25, 0.3) is 0 Å². The second kappa shape index (κ2) is 10.7. The minimum absolute atomic E-state index is 0.163. The Bertz CT molecular complexity index is 595. The lowest BCUT2D eigenvalue weighted by atomic mass is 10.1. The first-order valence-electron chi connectivity index (χ1n) is 9.49. The number of phenolic OH excluding ortho intramolecular Hbond substituents is 1. The highest BCUT2D eigenvalue weighted by Crippen LogP contribution is 2.27. The van der Waals surface area contributed by atoms with Crippen molar-refractivity contribution >= 4 is 5.96 Å². The van der Waals surface area contributed by atoms with Crippen molar-refractivity contribution in [1.82, 2.24) is 15.5 Å². The first-order chi connectivity index (χ1) is 12.7. The van der Waals surface area contributed by atoms with E-state index < -0.39 is 0 Å². The highest BCUT2D eigenvalue weighted by Gasteiger charge is 2.19. The Hall–Kier alpha value is -2.21. The Morgan fingerprint density at radius 3 is 2.81 bits per heavy atom. The normalized spacial score (nSPS) is 16.3. The molecule has 1 aliphatic rings. The predicted octanol–water partition coefficient (Wildman–Crippen LogP) is 2.50. The molecule has 0 unspecified atom stereocenters. The van der Waals surface area contributed by atoms with Gasteiger partial charge in [-0.3, -0.25) is 4.90 Å². The quantitative estimate of drug-likeness (QED) is 0.378. The molecule has 1 aromatic rings. The second-order valence-corrected chi connectivity index (χ2v) is 6.44. The van der Waals surface area contributed by atoms with Gasteiger partial charge in [0.1, 0.15) is 0 Å². The summed E-state index contributed by atoms with van der Waals surface area (Å²) >= 11 is 0. The third-order valence-corrected chi connectivity index (χ3v) is 4.40. The van der Waals surface area contributed by atoms with Gasteiger partial charge in [-0.05, 0) is 44.4 Å². The zero-order valence-electron chi connectivity index (χ0n) is 16.0. The van der Waals surface area contributed by atoms with E-state index in [9.17, 15) is 5.11 Å². The number of ether oxygens (including phenoxy) is 1. The van der Waals surface area contributed by atoms with Crippen molar-refractivity contribution in [2.45, 2.75) is 39.3 Å². The van der Waals surface area contributed by atoms with E-state index in [2.05, 4.69) is 29.0 Å². The first-order valence-corrected chi connectivity index (χ1v) is 9.49. The summed E-state index contributed by atoms with van der Waals surface area (Å²) in [7, 11) is 0. The van der Waals surface area contributed by atoms with Crippen LogP contribution < -0.4 is 15.4 Å². The molecule has 0 aliphatic carbocycles. The molecular weight excluding hydrogens is 328 g/mol. The third kappa shape index (κ3) is 6.26. The Labute approximate surface area is 157 Å². The van der Waals surface area contributed by atoms with Crippen LogP contribution in [0.2, 0.25) is 0 Å². The molecular formula is C20H32N4O2. The Kier molecular flexibility index (Phi) is 8.28. The zero-order chi connectivity index (χ0) is 18.8. The highest BCUT2D eigenvalue weighted by atomic mass is 16.5. The van der Waals surface area contributed by atoms with Crippen molar-refractivity contribution < 1.29 is 9.84 Å². The number of nitrogens with one attached hydrogen (secondary N) is 2. The van der Waals surface area contributed by atoms with Gasteiger partial charge in [-0.25, -0.2) is 4.99 Å². The van der Waals surface area contributed by atoms with Crippen molar-refractivity contribution in [3.63, 3.8) is 0 Å². The van der Waals surface area contributed by atoms with Crippen LogP contribution in [0, 0.1) is 0 Å². The molecule has 1 saturated heterocycles. The molecule has 1 fully saturated rings. The summed E-state index contributed by atoms with van der Waals surface area (Å²) in [6.45, 7) is 12.8. The maximum absolute atomic E-state index is 9.81. The molecule has 0 radical (unpaired) electrons. The maximum atomic E-state index is 9.81. The van der Waals surface area contributed by atoms with E-state index >= 15 is 0 Å². The fourth-order valence-electron chi connectivity index (χ4n) is 3.05. The standard InChI is InChI=1S/C20H32N4O2/c1-4-11-24-12-9-17(10-13-24)23-20(21-5-2)22-15-16-7-8-18(25)19(14-16)26-6-3/h4,7-8,14,17,25H,1,5-6,9-13,15H2,2-3H3,(H2,21,22,23). The van der Waals surface area contributed by atoms with Crippen LogP contribution in [0.5, 0.6) is 11.5 Å². The van der Waals surface area contributed by atoms with Gasteiger partial charge in [0.15, 0.2) is 17.5 Å². The van der Waals surface area contributed by atoms with Gasteiger partial charge in [0, 0.05) is 32.2 Å². The monoisotopic (exact) mass is 360 g/mol. The lowest BCUT2D eigenvalue weighted by Crippen LogP contribution is -2.48. The van der Waals surface area contributed by atoms with Crippen LogP contribution in [0.1, 0.15) is 32.3 Å². The van der Waals surface area contributed by atoms with E-state index in [1.807, 2.05) is 25.1 Å². The molecule has 1 aliphatic heterocycles. The van der Waals surface area contributed by atoms with Gasteiger partial charge in [-0.2, -0.15) is 0 Å². The van der Waals surface area contributed by atoms with E-state index in [0.29, 0.717) is 24.9 Å². The number of aliphatic imine (C=N–C) groups is 1. The van der Waals surface area contributed by atoms with Crippen molar-refractivity contribution in [2.24, 2.45) is 4.99 Å². The SMILES string of the molecule is C=CCN1CCC(NC(=NCc2ccc(O)c(OCC)c2)NCC)CC1. The van der Waals surface area contributed by atoms with Crippen molar-refractivity contribution in [1.29, 1.82) is 0 Å². The molecule has 0 amide bonds. The number of hydrogen-bond donors (Lipinski definition) is 3. The zero-order valence-corrected chi connectivity index (χ0v) is 16.0. The van der Waals surface area contributed by atoms with Gasteiger partial charge >= 0.3 is 0 Å². The molecule has 0 spiro atoms. The van der Waals surface area contributed by atoms with E-state index in [-0.39, 0.29) is 5.75 Å². The smallest absolute Gasteiger partial charge is 0.191 e. The van der Waals surface area contributed by atoms with Crippen molar-refractivity contribution in [2.75, 3.05) is 32.8 Å². The van der Waals surface area contributed by atoms with E-state index in [1.165, 1.54) is 0 Å². The third-order valence-electron chi connectivity index (χ3n) is 4.40. The molecule has 0 bridgehead atoms. The molecule has 1 aromatic carbocycles. The van der Waals surface area contributed by atoms with Crippen LogP contribution in [-0.4, -0.2) is 54.8 Å². The molecule has 0 saturated carbocycles. The molecule has 26 heavy (non-hydrogen) atoms. The second-order valence-electron chi connectivity index (χ2n) is 6.44. The number of phenols is 1. The van der Waals surface area contributed by atoms with Gasteiger partial charge in [0.2, 0.25) is 0 Å². The summed E-state index contributed by atoms with van der Waals surface area (Å²) < 4.78 is 5.44. The molecule has 3 N–H and O–H groups in total. The lowest BCUT2D eigenvalue weighted by Gasteiger charge is -2.32. The van der Waals surface area contributed by atoms with Gasteiger partial charge in [0.05, 0.1) is 13.2 Å². The van der Waals surface area contributed by atoms with Crippen LogP contribution >= 0.6 is 0 Å². The van der Waals surface area contributed by atoms with Crippen LogP contribution in [0.4, 0.5) is 0 Å². The minimum Gasteiger partial charge on any atom is -0.504 e. The number of benzene rings is 1. The van der Waals surface area contributed by atoms with E-state index in [4.69, 9.17) is 9.73 Å². The average Bonchev–Trinajstić information content (AvgIpc) is 2.64. The number of hydrogen-bond acceptors (Lipinski definition) is 4. The summed E-state index contributed by atoms with van der Waals surface area (Å²) in [6, 6.07) is 5.82. The number of nitrogens with zero attached hydrogens (tertiary/aromatic N) is 2. The highest BCUT2D eigenvalue weighted by molar-refractivity contribution is 5.80. The summed E-state index contributed by atoms with van der Waals surface area (Å²) in [6.07, 6.45) is 4.17. The van der Waals surface area contributed by atoms with E-state index in [1.54, 1.807) is 6.07 Å². The summed E-state index contributed by atoms with van der Waals surface area (Å²) in [5, 5.41) is 16.7. The van der Waals surface area contributed by atoms with Crippen LogP contribution in [-0.2, 0) is 6.54 Å². The number of piperidine rings is 1. The minimum atomic E-state index is 0.163. The topological polar surface area (TPSA) is 69.1 Å². The maximum Gasteiger partial charge on any atom is 0.191 e. The summed E-state index contributed by atoms with van der Waals surface area (Å²) in [4.78, 5) is 7.11. The average molecular weight is 361 g/mol. The molecule has 6 heteroatoms. The number of likely N-dealkylation sites (tertiary alicyclic amines) is 1. The van der Waals surface area contributed by atoms with Gasteiger partial charge in [0.25, 0.3) is 0 Å². The Morgan fingerprint density at radius 2 is 2.15 bits per heavy atom. The van der Waals surface area contributed by atoms with Crippen LogP contribution in [0.15, 0.2) is 35.8 Å². The molecule has 0 atom stereocenters. The lowest BCUT2D eigenvalue weighted by molar-refractivity contribution is 0.225. The summed E-state index contributed by atoms with van der Waals surface area (Å²) in [5.74, 6) is 1.50. The Balaban J connectivity index is 1.94. The number of aromatic hydroxyl groups is 1. The van der Waals surface area contributed by atoms with Gasteiger partial charge in [-0.15, -0.1) is 6.58 Å². The van der Waals surface area contributed by atoms with Gasteiger partial charge < -0.3 is 20.5 Å². The van der Waals surface area contributed by atoms with Crippen molar-refractivity contribution in [3.05, 3.63) is 36.4 Å². The van der Waals surface area contributed by atoms with Crippen molar-refractivity contribution in [3.8, 4) is 11.5 Å². The largest absolute Gasteiger partial charge is 0.504 e. The molecule has 144 valence electrons. The molecule has 6 nitrogen and oxygen atoms in total. The predicted molar refractivity (Wildman–Crippen MR) is 107 cm³/mol. The number of guanidine groups is 1.